The zero-order valence-electron chi connectivity index (χ0n) is 8.08. The number of halogens is 1. The first-order valence-corrected chi connectivity index (χ1v) is 5.81. The molecule has 0 amide bonds. The maximum absolute atomic E-state index is 11.1. The number of carbonyl (C=O) groups is 1. The second-order valence-corrected chi connectivity index (χ2v) is 4.20. The maximum Gasteiger partial charge on any atom is 0.152 e. The van der Waals surface area contributed by atoms with Gasteiger partial charge in [0, 0.05) is 10.6 Å². The SMILES string of the molecule is CSc1c(N)cccc1C(Cl)C(C)=O. The Morgan fingerprint density at radius 3 is 2.71 bits per heavy atom. The number of hydrogen-bond acceptors (Lipinski definition) is 3. The van der Waals surface area contributed by atoms with E-state index in [0.29, 0.717) is 5.69 Å². The standard InChI is InChI=1S/C10H12ClNOS/c1-6(13)9(11)7-4-3-5-8(12)10(7)14-2/h3-5,9H,12H2,1-2H3. The number of rotatable bonds is 3. The van der Waals surface area contributed by atoms with Gasteiger partial charge < -0.3 is 5.73 Å². The Hall–Kier alpha value is -0.670. The van der Waals surface area contributed by atoms with E-state index in [0.717, 1.165) is 10.5 Å². The van der Waals surface area contributed by atoms with Crippen LogP contribution in [-0.4, -0.2) is 12.0 Å². The van der Waals surface area contributed by atoms with Gasteiger partial charge in [0.25, 0.3) is 0 Å². The van der Waals surface area contributed by atoms with E-state index in [1.807, 2.05) is 18.4 Å². The number of thioether (sulfide) groups is 1. The van der Waals surface area contributed by atoms with E-state index in [1.165, 1.54) is 18.7 Å². The van der Waals surface area contributed by atoms with Gasteiger partial charge in [-0.15, -0.1) is 23.4 Å². The lowest BCUT2D eigenvalue weighted by atomic mass is 10.1. The third kappa shape index (κ3) is 2.22. The molecule has 1 aromatic carbocycles. The summed E-state index contributed by atoms with van der Waals surface area (Å²) in [5.74, 6) is -0.0624. The normalized spacial score (nSPS) is 12.5. The highest BCUT2D eigenvalue weighted by Gasteiger charge is 2.17. The molecule has 0 bridgehead atoms. The van der Waals surface area contributed by atoms with E-state index in [9.17, 15) is 4.79 Å². The third-order valence-corrected chi connectivity index (χ3v) is 3.33. The van der Waals surface area contributed by atoms with Gasteiger partial charge in [0.15, 0.2) is 5.78 Å². The van der Waals surface area contributed by atoms with Gasteiger partial charge in [-0.05, 0) is 24.8 Å². The van der Waals surface area contributed by atoms with E-state index in [2.05, 4.69) is 0 Å². The highest BCUT2D eigenvalue weighted by Crippen LogP contribution is 2.34. The first-order chi connectivity index (χ1) is 6.57. The molecule has 0 saturated heterocycles. The monoisotopic (exact) mass is 229 g/mol. The summed E-state index contributed by atoms with van der Waals surface area (Å²) in [7, 11) is 0. The molecule has 0 radical (unpaired) electrons. The molecule has 0 aliphatic heterocycles. The summed E-state index contributed by atoms with van der Waals surface area (Å²) in [5.41, 5.74) is 7.25. The van der Waals surface area contributed by atoms with Gasteiger partial charge >= 0.3 is 0 Å². The highest BCUT2D eigenvalue weighted by atomic mass is 35.5. The fourth-order valence-corrected chi connectivity index (χ4v) is 2.20. The van der Waals surface area contributed by atoms with E-state index < -0.39 is 5.38 Å². The van der Waals surface area contributed by atoms with Crippen LogP contribution in [0.5, 0.6) is 0 Å². The summed E-state index contributed by atoms with van der Waals surface area (Å²) in [6.45, 7) is 1.48. The number of carbonyl (C=O) groups excluding carboxylic acids is 1. The Morgan fingerprint density at radius 1 is 1.57 bits per heavy atom. The lowest BCUT2D eigenvalue weighted by molar-refractivity contribution is -0.116. The molecule has 0 spiro atoms. The van der Waals surface area contributed by atoms with Crippen LogP contribution < -0.4 is 5.73 Å². The number of alkyl halides is 1. The summed E-state index contributed by atoms with van der Waals surface area (Å²) in [6, 6.07) is 5.45. The van der Waals surface area contributed by atoms with Crippen LogP contribution in [0.25, 0.3) is 0 Å². The molecular formula is C10H12ClNOS. The van der Waals surface area contributed by atoms with Gasteiger partial charge in [0.2, 0.25) is 0 Å². The van der Waals surface area contributed by atoms with Crippen molar-refractivity contribution in [2.75, 3.05) is 12.0 Å². The molecule has 0 fully saturated rings. The maximum atomic E-state index is 11.1. The second-order valence-electron chi connectivity index (χ2n) is 2.94. The first-order valence-electron chi connectivity index (χ1n) is 4.14. The van der Waals surface area contributed by atoms with Gasteiger partial charge in [-0.2, -0.15) is 0 Å². The average Bonchev–Trinajstić information content (AvgIpc) is 2.16. The van der Waals surface area contributed by atoms with Gasteiger partial charge in [-0.25, -0.2) is 0 Å². The quantitative estimate of drug-likeness (QED) is 0.493. The first kappa shape index (κ1) is 11.4. The number of nitrogens with two attached hydrogens (primary N) is 1. The molecule has 14 heavy (non-hydrogen) atoms. The number of nitrogen functional groups attached to an aromatic ring is 1. The Balaban J connectivity index is 3.20. The molecule has 0 heterocycles. The number of benzene rings is 1. The van der Waals surface area contributed by atoms with E-state index in [4.69, 9.17) is 17.3 Å². The molecule has 0 aromatic heterocycles. The van der Waals surface area contributed by atoms with E-state index >= 15 is 0 Å². The lowest BCUT2D eigenvalue weighted by Crippen LogP contribution is -2.04. The molecule has 0 aliphatic carbocycles. The summed E-state index contributed by atoms with van der Waals surface area (Å²) >= 11 is 7.48. The summed E-state index contributed by atoms with van der Waals surface area (Å²) in [5, 5.41) is -0.596. The largest absolute Gasteiger partial charge is 0.398 e. The third-order valence-electron chi connectivity index (χ3n) is 1.91. The van der Waals surface area contributed by atoms with Crippen LogP contribution in [0.3, 0.4) is 0 Å². The molecule has 76 valence electrons. The lowest BCUT2D eigenvalue weighted by Gasteiger charge is -2.12. The van der Waals surface area contributed by atoms with Crippen molar-refractivity contribution in [1.82, 2.24) is 0 Å². The number of ketones is 1. The van der Waals surface area contributed by atoms with E-state index in [1.54, 1.807) is 6.07 Å². The van der Waals surface area contributed by atoms with Crippen molar-refractivity contribution in [3.63, 3.8) is 0 Å². The Labute approximate surface area is 92.8 Å². The van der Waals surface area contributed by atoms with Crippen molar-refractivity contribution >= 4 is 34.8 Å². The molecule has 1 aromatic rings. The summed E-state index contributed by atoms with van der Waals surface area (Å²) in [4.78, 5) is 12.0. The van der Waals surface area contributed by atoms with Crippen LogP contribution in [-0.2, 0) is 4.79 Å². The molecule has 0 aliphatic rings. The Kier molecular flexibility index (Phi) is 3.84. The molecule has 1 unspecified atom stereocenters. The summed E-state index contributed by atoms with van der Waals surface area (Å²) < 4.78 is 0. The minimum absolute atomic E-state index is 0.0624. The van der Waals surface area contributed by atoms with E-state index in [-0.39, 0.29) is 5.78 Å². The minimum atomic E-state index is -0.596. The van der Waals surface area contributed by atoms with Crippen molar-refractivity contribution in [3.8, 4) is 0 Å². The van der Waals surface area contributed by atoms with Crippen LogP contribution in [0.1, 0.15) is 17.9 Å². The van der Waals surface area contributed by atoms with Gasteiger partial charge in [0.1, 0.15) is 5.38 Å². The number of Topliss-reactive ketones (excluding diaryl/α,β-unsaturated/α-hetero) is 1. The van der Waals surface area contributed by atoms with Crippen molar-refractivity contribution in [1.29, 1.82) is 0 Å². The molecule has 2 N–H and O–H groups in total. The topological polar surface area (TPSA) is 43.1 Å². The van der Waals surface area contributed by atoms with Crippen LogP contribution in [0, 0.1) is 0 Å². The Bertz CT molecular complexity index is 354. The van der Waals surface area contributed by atoms with Crippen molar-refractivity contribution < 1.29 is 4.79 Å². The van der Waals surface area contributed by atoms with Crippen LogP contribution >= 0.6 is 23.4 Å². The van der Waals surface area contributed by atoms with Gasteiger partial charge in [0.05, 0.1) is 0 Å². The van der Waals surface area contributed by atoms with Gasteiger partial charge in [-0.1, -0.05) is 12.1 Å². The smallest absolute Gasteiger partial charge is 0.152 e. The van der Waals surface area contributed by atoms with Crippen LogP contribution in [0.15, 0.2) is 23.1 Å². The summed E-state index contributed by atoms with van der Waals surface area (Å²) in [6.07, 6.45) is 1.92. The average molecular weight is 230 g/mol. The predicted molar refractivity (Wildman–Crippen MR) is 61.9 cm³/mol. The van der Waals surface area contributed by atoms with Gasteiger partial charge in [-0.3, -0.25) is 4.79 Å². The predicted octanol–water partition coefficient (Wildman–Crippen LogP) is 2.86. The molecule has 4 heteroatoms. The number of hydrogen-bond donors (Lipinski definition) is 1. The van der Waals surface area contributed by atoms with Crippen molar-refractivity contribution in [2.24, 2.45) is 0 Å². The van der Waals surface area contributed by atoms with Crippen LogP contribution in [0.2, 0.25) is 0 Å². The molecular weight excluding hydrogens is 218 g/mol. The van der Waals surface area contributed by atoms with Crippen molar-refractivity contribution in [3.05, 3.63) is 23.8 Å². The highest BCUT2D eigenvalue weighted by molar-refractivity contribution is 7.98. The zero-order valence-corrected chi connectivity index (χ0v) is 9.65. The van der Waals surface area contributed by atoms with Crippen molar-refractivity contribution in [2.45, 2.75) is 17.2 Å². The minimum Gasteiger partial charge on any atom is -0.398 e. The molecule has 0 saturated carbocycles. The second kappa shape index (κ2) is 4.71. The zero-order chi connectivity index (χ0) is 10.7. The molecule has 2 nitrogen and oxygen atoms in total. The fraction of sp³-hybridized carbons (Fsp3) is 0.300. The molecule has 1 atom stereocenters. The molecule has 1 rings (SSSR count). The fourth-order valence-electron chi connectivity index (χ4n) is 1.23. The number of anilines is 1. The van der Waals surface area contributed by atoms with Crippen LogP contribution in [0.4, 0.5) is 5.69 Å². The Morgan fingerprint density at radius 2 is 2.21 bits per heavy atom.